The zero-order valence-corrected chi connectivity index (χ0v) is 17.7. The molecule has 0 atom stereocenters. The van der Waals surface area contributed by atoms with Crippen molar-refractivity contribution in [2.24, 2.45) is 0 Å². The van der Waals surface area contributed by atoms with E-state index in [0.717, 1.165) is 17.2 Å². The molecule has 0 aliphatic heterocycles. The summed E-state index contributed by atoms with van der Waals surface area (Å²) >= 11 is 0. The van der Waals surface area contributed by atoms with Crippen LogP contribution in [0.1, 0.15) is 42.6 Å². The fourth-order valence-electron chi connectivity index (χ4n) is 3.24. The molecule has 5 nitrogen and oxygen atoms in total. The molecule has 0 radical (unpaired) electrons. The fraction of sp³-hybridized carbons (Fsp3) is 0.208. The maximum absolute atomic E-state index is 13.6. The molecular formula is C24H21F3N4O. The van der Waals surface area contributed by atoms with Crippen LogP contribution in [-0.4, -0.2) is 20.5 Å². The maximum Gasteiger partial charge on any atom is 0.433 e. The predicted molar refractivity (Wildman–Crippen MR) is 117 cm³/mol. The number of halogens is 3. The summed E-state index contributed by atoms with van der Waals surface area (Å²) < 4.78 is 41.6. The second kappa shape index (κ2) is 7.78. The van der Waals surface area contributed by atoms with Gasteiger partial charge in [-0.3, -0.25) is 4.79 Å². The van der Waals surface area contributed by atoms with Gasteiger partial charge in [0.15, 0.2) is 11.3 Å². The number of carbonyl (C=O) groups excluding carboxylic acids is 1. The van der Waals surface area contributed by atoms with Gasteiger partial charge < -0.3 is 5.32 Å². The lowest BCUT2D eigenvalue weighted by Crippen LogP contribution is -2.20. The minimum Gasteiger partial charge on any atom is -0.321 e. The van der Waals surface area contributed by atoms with Crippen LogP contribution in [0.5, 0.6) is 0 Å². The van der Waals surface area contributed by atoms with E-state index >= 15 is 0 Å². The van der Waals surface area contributed by atoms with E-state index in [0.29, 0.717) is 10.2 Å². The van der Waals surface area contributed by atoms with E-state index in [4.69, 9.17) is 0 Å². The van der Waals surface area contributed by atoms with Crippen molar-refractivity contribution in [3.8, 4) is 11.1 Å². The monoisotopic (exact) mass is 438 g/mol. The number of benzene rings is 2. The first-order valence-corrected chi connectivity index (χ1v) is 9.98. The molecule has 0 spiro atoms. The molecule has 0 saturated carbocycles. The highest BCUT2D eigenvalue weighted by Crippen LogP contribution is 2.32. The first-order chi connectivity index (χ1) is 15.0. The number of aromatic nitrogens is 3. The normalized spacial score (nSPS) is 12.2. The molecular weight excluding hydrogens is 417 g/mol. The topological polar surface area (TPSA) is 59.3 Å². The molecule has 32 heavy (non-hydrogen) atoms. The highest BCUT2D eigenvalue weighted by Gasteiger charge is 2.36. The molecule has 164 valence electrons. The number of anilines is 1. The van der Waals surface area contributed by atoms with Crippen LogP contribution in [0.3, 0.4) is 0 Å². The summed E-state index contributed by atoms with van der Waals surface area (Å²) in [5, 5.41) is 6.56. The molecule has 2 aromatic heterocycles. The minimum atomic E-state index is -4.64. The summed E-state index contributed by atoms with van der Waals surface area (Å²) in [7, 11) is 0. The molecule has 0 aliphatic rings. The Kier molecular flexibility index (Phi) is 5.24. The van der Waals surface area contributed by atoms with Gasteiger partial charge in [0.05, 0.1) is 5.69 Å². The van der Waals surface area contributed by atoms with E-state index in [1.165, 1.54) is 6.07 Å². The standard InChI is InChI=1S/C24H21F3N4O/c1-23(2,3)19-14-20(24(25,26)27)31-21(29-19)13-18(30-31)22(32)28-17-11-9-16(10-12-17)15-7-5-4-6-8-15/h4-14H,1-3H3,(H,28,32). The highest BCUT2D eigenvalue weighted by atomic mass is 19.4. The summed E-state index contributed by atoms with van der Waals surface area (Å²) in [5.74, 6) is -0.617. The van der Waals surface area contributed by atoms with Crippen molar-refractivity contribution < 1.29 is 18.0 Å². The zero-order chi connectivity index (χ0) is 23.1. The molecule has 0 unspecified atom stereocenters. The molecule has 8 heteroatoms. The number of fused-ring (bicyclic) bond motifs is 1. The number of carbonyl (C=O) groups is 1. The number of hydrogen-bond donors (Lipinski definition) is 1. The molecule has 0 aliphatic carbocycles. The Hall–Kier alpha value is -3.68. The van der Waals surface area contributed by atoms with Crippen molar-refractivity contribution in [2.75, 3.05) is 5.32 Å². The van der Waals surface area contributed by atoms with Crippen LogP contribution in [0.2, 0.25) is 0 Å². The lowest BCUT2D eigenvalue weighted by Gasteiger charge is -2.19. The molecule has 2 aromatic carbocycles. The number of rotatable bonds is 3. The van der Waals surface area contributed by atoms with Gasteiger partial charge >= 0.3 is 6.18 Å². The van der Waals surface area contributed by atoms with Gasteiger partial charge in [-0.1, -0.05) is 63.2 Å². The Labute approximate surface area is 182 Å². The molecule has 0 bridgehead atoms. The van der Waals surface area contributed by atoms with Gasteiger partial charge in [0.1, 0.15) is 5.69 Å². The number of nitrogens with zero attached hydrogens (tertiary/aromatic N) is 3. The molecule has 2 heterocycles. The van der Waals surface area contributed by atoms with Crippen LogP contribution < -0.4 is 5.32 Å². The van der Waals surface area contributed by atoms with E-state index in [1.54, 1.807) is 32.9 Å². The number of alkyl halides is 3. The highest BCUT2D eigenvalue weighted by molar-refractivity contribution is 6.03. The Morgan fingerprint density at radius 2 is 1.53 bits per heavy atom. The molecule has 0 fully saturated rings. The average Bonchev–Trinajstić information content (AvgIpc) is 3.17. The van der Waals surface area contributed by atoms with Crippen LogP contribution in [0.4, 0.5) is 18.9 Å². The van der Waals surface area contributed by atoms with Crippen LogP contribution in [0.25, 0.3) is 16.8 Å². The van der Waals surface area contributed by atoms with Gasteiger partial charge in [0.2, 0.25) is 0 Å². The third-order valence-electron chi connectivity index (χ3n) is 4.97. The molecule has 1 N–H and O–H groups in total. The van der Waals surface area contributed by atoms with Crippen LogP contribution in [-0.2, 0) is 11.6 Å². The van der Waals surface area contributed by atoms with Crippen molar-refractivity contribution in [3.05, 3.63) is 83.8 Å². The molecule has 0 saturated heterocycles. The third kappa shape index (κ3) is 4.34. The summed E-state index contributed by atoms with van der Waals surface area (Å²) in [4.78, 5) is 17.0. The van der Waals surface area contributed by atoms with E-state index in [9.17, 15) is 18.0 Å². The Bertz CT molecular complexity index is 1270. The van der Waals surface area contributed by atoms with Gasteiger partial charge in [-0.2, -0.15) is 18.3 Å². The van der Waals surface area contributed by atoms with Crippen molar-refractivity contribution in [3.63, 3.8) is 0 Å². The molecule has 4 rings (SSSR count). The zero-order valence-electron chi connectivity index (χ0n) is 17.7. The number of nitrogens with one attached hydrogen (secondary N) is 1. The summed E-state index contributed by atoms with van der Waals surface area (Å²) in [6.07, 6.45) is -4.64. The average molecular weight is 438 g/mol. The van der Waals surface area contributed by atoms with Crippen molar-refractivity contribution in [1.29, 1.82) is 0 Å². The smallest absolute Gasteiger partial charge is 0.321 e. The quantitative estimate of drug-likeness (QED) is 0.429. The van der Waals surface area contributed by atoms with Crippen LogP contribution >= 0.6 is 0 Å². The maximum atomic E-state index is 13.6. The van der Waals surface area contributed by atoms with E-state index in [1.807, 2.05) is 42.5 Å². The molecule has 4 aromatic rings. The molecule has 1 amide bonds. The lowest BCUT2D eigenvalue weighted by molar-refractivity contribution is -0.142. The Morgan fingerprint density at radius 3 is 2.12 bits per heavy atom. The second-order valence-corrected chi connectivity index (χ2v) is 8.47. The van der Waals surface area contributed by atoms with E-state index in [2.05, 4.69) is 15.4 Å². The van der Waals surface area contributed by atoms with Gasteiger partial charge in [-0.25, -0.2) is 9.50 Å². The second-order valence-electron chi connectivity index (χ2n) is 8.47. The summed E-state index contributed by atoms with van der Waals surface area (Å²) in [5.41, 5.74) is 1.02. The number of hydrogen-bond acceptors (Lipinski definition) is 3. The fourth-order valence-corrected chi connectivity index (χ4v) is 3.24. The van der Waals surface area contributed by atoms with Crippen LogP contribution in [0.15, 0.2) is 66.7 Å². The van der Waals surface area contributed by atoms with Crippen LogP contribution in [0, 0.1) is 0 Å². The SMILES string of the molecule is CC(C)(C)c1cc(C(F)(F)F)n2nc(C(=O)Nc3ccc(-c4ccccc4)cc3)cc2n1. The third-order valence-corrected chi connectivity index (χ3v) is 4.97. The summed E-state index contributed by atoms with van der Waals surface area (Å²) in [6.45, 7) is 5.32. The lowest BCUT2D eigenvalue weighted by atomic mass is 9.91. The predicted octanol–water partition coefficient (Wildman–Crippen LogP) is 5.96. The minimum absolute atomic E-state index is 0.0330. The van der Waals surface area contributed by atoms with Gasteiger partial charge in [-0.05, 0) is 29.3 Å². The first-order valence-electron chi connectivity index (χ1n) is 9.98. The first kappa shape index (κ1) is 21.5. The Morgan fingerprint density at radius 1 is 0.906 bits per heavy atom. The van der Waals surface area contributed by atoms with Crippen molar-refractivity contribution >= 4 is 17.2 Å². The van der Waals surface area contributed by atoms with Gasteiger partial charge in [0.25, 0.3) is 5.91 Å². The van der Waals surface area contributed by atoms with Gasteiger partial charge in [-0.15, -0.1) is 0 Å². The van der Waals surface area contributed by atoms with Gasteiger partial charge in [0, 0.05) is 17.2 Å². The van der Waals surface area contributed by atoms with E-state index in [-0.39, 0.29) is 17.0 Å². The Balaban J connectivity index is 1.64. The number of amides is 1. The summed E-state index contributed by atoms with van der Waals surface area (Å²) in [6, 6.07) is 19.1. The largest absolute Gasteiger partial charge is 0.433 e. The van der Waals surface area contributed by atoms with Crippen molar-refractivity contribution in [2.45, 2.75) is 32.4 Å². The van der Waals surface area contributed by atoms with Crippen molar-refractivity contribution in [1.82, 2.24) is 14.6 Å². The van der Waals surface area contributed by atoms with E-state index < -0.39 is 23.2 Å².